The van der Waals surface area contributed by atoms with Crippen LogP contribution in [0.25, 0.3) is 6.08 Å². The second-order valence-corrected chi connectivity index (χ2v) is 9.88. The van der Waals surface area contributed by atoms with E-state index in [0.717, 1.165) is 16.7 Å². The summed E-state index contributed by atoms with van der Waals surface area (Å²) in [6.07, 6.45) is 4.62. The molecule has 3 aromatic carbocycles. The number of allylic oxidation sites excluding steroid dienone is 1. The van der Waals surface area contributed by atoms with Gasteiger partial charge in [0, 0.05) is 12.8 Å². The number of ether oxygens (including phenoxy) is 9. The van der Waals surface area contributed by atoms with Crippen LogP contribution in [0.2, 0.25) is 0 Å². The van der Waals surface area contributed by atoms with Gasteiger partial charge in [-0.1, -0.05) is 12.2 Å². The second-order valence-electron chi connectivity index (χ2n) is 9.88. The molecule has 0 bridgehead atoms. The molecule has 0 radical (unpaired) electrons. The standard InChI is InChI=1S/C34H44O9/c1-11-12-23-15-28(37-6)33(29(16-23)38-7)42-22(3)14-25-19-30(39-8)34(31(20-25)40-9)43-21(2)13-24-17-26(35-4)32(41-10)27(18-24)36-5/h11-12,15-22H,13-14H2,1-10H3. The number of rotatable bonds is 16. The molecule has 0 fully saturated rings. The minimum absolute atomic E-state index is 0.226. The molecule has 0 amide bonds. The summed E-state index contributed by atoms with van der Waals surface area (Å²) in [6, 6.07) is 11.5. The Morgan fingerprint density at radius 3 is 1.12 bits per heavy atom. The highest BCUT2D eigenvalue weighted by Gasteiger charge is 2.22. The van der Waals surface area contributed by atoms with Gasteiger partial charge in [-0.15, -0.1) is 0 Å². The van der Waals surface area contributed by atoms with E-state index < -0.39 is 0 Å². The van der Waals surface area contributed by atoms with Gasteiger partial charge in [-0.2, -0.15) is 0 Å². The molecule has 0 aromatic heterocycles. The number of hydrogen-bond acceptors (Lipinski definition) is 9. The van der Waals surface area contributed by atoms with E-state index in [2.05, 4.69) is 0 Å². The molecular weight excluding hydrogens is 552 g/mol. The zero-order chi connectivity index (χ0) is 31.5. The Kier molecular flexibility index (Phi) is 12.1. The fourth-order valence-electron chi connectivity index (χ4n) is 4.88. The first kappa shape index (κ1) is 33.1. The minimum Gasteiger partial charge on any atom is -0.493 e. The quantitative estimate of drug-likeness (QED) is 0.177. The predicted octanol–water partition coefficient (Wildman–Crippen LogP) is 6.80. The average Bonchev–Trinajstić information content (AvgIpc) is 3.01. The van der Waals surface area contributed by atoms with Crippen molar-refractivity contribution in [2.45, 2.75) is 45.8 Å². The fourth-order valence-corrected chi connectivity index (χ4v) is 4.88. The van der Waals surface area contributed by atoms with Crippen molar-refractivity contribution in [3.05, 3.63) is 59.2 Å². The lowest BCUT2D eigenvalue weighted by atomic mass is 10.1. The Balaban J connectivity index is 1.82. The van der Waals surface area contributed by atoms with E-state index in [-0.39, 0.29) is 12.2 Å². The van der Waals surface area contributed by atoms with Crippen LogP contribution >= 0.6 is 0 Å². The maximum absolute atomic E-state index is 6.38. The average molecular weight is 597 g/mol. The van der Waals surface area contributed by atoms with Crippen LogP contribution in [0.5, 0.6) is 51.7 Å². The molecular formula is C34H44O9. The molecule has 9 nitrogen and oxygen atoms in total. The van der Waals surface area contributed by atoms with Gasteiger partial charge in [-0.05, 0) is 73.9 Å². The van der Waals surface area contributed by atoms with Crippen molar-refractivity contribution in [1.82, 2.24) is 0 Å². The molecule has 0 saturated heterocycles. The Labute approximate surface area is 255 Å². The summed E-state index contributed by atoms with van der Waals surface area (Å²) < 4.78 is 51.9. The van der Waals surface area contributed by atoms with Crippen LogP contribution in [0.3, 0.4) is 0 Å². The van der Waals surface area contributed by atoms with E-state index in [4.69, 9.17) is 42.6 Å². The molecule has 0 aliphatic heterocycles. The third kappa shape index (κ3) is 8.12. The van der Waals surface area contributed by atoms with Gasteiger partial charge in [0.1, 0.15) is 12.2 Å². The predicted molar refractivity (Wildman–Crippen MR) is 167 cm³/mol. The molecule has 0 saturated carbocycles. The highest BCUT2D eigenvalue weighted by molar-refractivity contribution is 5.62. The summed E-state index contributed by atoms with van der Waals surface area (Å²) in [4.78, 5) is 0. The van der Waals surface area contributed by atoms with Gasteiger partial charge in [-0.3, -0.25) is 0 Å². The molecule has 0 aliphatic rings. The Morgan fingerprint density at radius 1 is 0.488 bits per heavy atom. The molecule has 0 aliphatic carbocycles. The molecule has 43 heavy (non-hydrogen) atoms. The van der Waals surface area contributed by atoms with Crippen molar-refractivity contribution in [1.29, 1.82) is 0 Å². The van der Waals surface area contributed by atoms with E-state index in [1.807, 2.05) is 69.3 Å². The van der Waals surface area contributed by atoms with E-state index in [9.17, 15) is 0 Å². The molecule has 9 heteroatoms. The Morgan fingerprint density at radius 2 is 0.814 bits per heavy atom. The zero-order valence-corrected chi connectivity index (χ0v) is 26.9. The normalized spacial score (nSPS) is 12.3. The summed E-state index contributed by atoms with van der Waals surface area (Å²) in [7, 11) is 11.2. The SMILES string of the molecule is CC=Cc1cc(OC)c(OC(C)Cc2cc(OC)c(OC(C)Cc3cc(OC)c(OC)c(OC)c3)c(OC)c2)c(OC)c1. The van der Waals surface area contributed by atoms with Gasteiger partial charge >= 0.3 is 0 Å². The maximum Gasteiger partial charge on any atom is 0.203 e. The van der Waals surface area contributed by atoms with Gasteiger partial charge in [0.05, 0.1) is 49.8 Å². The van der Waals surface area contributed by atoms with Gasteiger partial charge < -0.3 is 42.6 Å². The van der Waals surface area contributed by atoms with Crippen molar-refractivity contribution in [2.75, 3.05) is 49.8 Å². The molecule has 3 aromatic rings. The van der Waals surface area contributed by atoms with Crippen LogP contribution < -0.4 is 42.6 Å². The highest BCUT2D eigenvalue weighted by atomic mass is 16.6. The summed E-state index contributed by atoms with van der Waals surface area (Å²) in [5, 5.41) is 0. The van der Waals surface area contributed by atoms with Crippen molar-refractivity contribution in [2.24, 2.45) is 0 Å². The summed E-state index contributed by atoms with van der Waals surface area (Å²) >= 11 is 0. The molecule has 2 atom stereocenters. The van der Waals surface area contributed by atoms with Crippen LogP contribution in [0.4, 0.5) is 0 Å². The number of hydrogen-bond donors (Lipinski definition) is 0. The van der Waals surface area contributed by atoms with Crippen LogP contribution in [-0.2, 0) is 12.8 Å². The van der Waals surface area contributed by atoms with Gasteiger partial charge in [0.25, 0.3) is 0 Å². The first-order valence-corrected chi connectivity index (χ1v) is 14.0. The van der Waals surface area contributed by atoms with Crippen molar-refractivity contribution < 1.29 is 42.6 Å². The third-order valence-corrected chi connectivity index (χ3v) is 6.77. The molecule has 0 N–H and O–H groups in total. The van der Waals surface area contributed by atoms with E-state index in [1.54, 1.807) is 49.8 Å². The first-order valence-electron chi connectivity index (χ1n) is 14.0. The maximum atomic E-state index is 6.38. The van der Waals surface area contributed by atoms with Crippen molar-refractivity contribution >= 4 is 6.08 Å². The Bertz CT molecular complexity index is 1310. The number of methoxy groups -OCH3 is 7. The monoisotopic (exact) mass is 596 g/mol. The molecule has 234 valence electrons. The lowest BCUT2D eigenvalue weighted by molar-refractivity contribution is 0.197. The van der Waals surface area contributed by atoms with E-state index in [1.165, 1.54) is 0 Å². The topological polar surface area (TPSA) is 83.1 Å². The van der Waals surface area contributed by atoms with Gasteiger partial charge in [0.2, 0.25) is 17.2 Å². The lowest BCUT2D eigenvalue weighted by Crippen LogP contribution is -2.18. The first-order chi connectivity index (χ1) is 20.7. The molecule has 2 unspecified atom stereocenters. The second kappa shape index (κ2) is 15.7. The third-order valence-electron chi connectivity index (χ3n) is 6.77. The largest absolute Gasteiger partial charge is 0.493 e. The van der Waals surface area contributed by atoms with Crippen LogP contribution in [-0.4, -0.2) is 62.0 Å². The highest BCUT2D eigenvalue weighted by Crippen LogP contribution is 2.43. The number of benzene rings is 3. The van der Waals surface area contributed by atoms with Crippen LogP contribution in [0.1, 0.15) is 37.5 Å². The van der Waals surface area contributed by atoms with Gasteiger partial charge in [-0.25, -0.2) is 0 Å². The van der Waals surface area contributed by atoms with E-state index >= 15 is 0 Å². The molecule has 0 heterocycles. The van der Waals surface area contributed by atoms with Crippen LogP contribution in [0.15, 0.2) is 42.5 Å². The minimum atomic E-state index is -0.232. The zero-order valence-electron chi connectivity index (χ0n) is 26.9. The van der Waals surface area contributed by atoms with Crippen molar-refractivity contribution in [3.63, 3.8) is 0 Å². The van der Waals surface area contributed by atoms with Crippen LogP contribution in [0, 0.1) is 0 Å². The summed E-state index contributed by atoms with van der Waals surface area (Å²) in [5.74, 6) is 5.09. The summed E-state index contributed by atoms with van der Waals surface area (Å²) in [6.45, 7) is 5.93. The smallest absolute Gasteiger partial charge is 0.203 e. The van der Waals surface area contributed by atoms with Crippen molar-refractivity contribution in [3.8, 4) is 51.7 Å². The van der Waals surface area contributed by atoms with Gasteiger partial charge in [0.15, 0.2) is 34.5 Å². The molecule has 3 rings (SSSR count). The fraction of sp³-hybridized carbons (Fsp3) is 0.412. The summed E-state index contributed by atoms with van der Waals surface area (Å²) in [5.41, 5.74) is 2.88. The lowest BCUT2D eigenvalue weighted by Gasteiger charge is -2.22. The molecule has 0 spiro atoms. The van der Waals surface area contributed by atoms with E-state index in [0.29, 0.717) is 64.6 Å². The Hall–Kier alpha value is -4.40.